The number of esters is 1. The van der Waals surface area contributed by atoms with Crippen molar-refractivity contribution in [2.45, 2.75) is 32.8 Å². The van der Waals surface area contributed by atoms with Gasteiger partial charge in [-0.2, -0.15) is 0 Å². The largest absolute Gasteiger partial charge is 1.00 e. The second-order valence-corrected chi connectivity index (χ2v) is 5.31. The minimum atomic E-state index is -0.317. The standard InChI is InChI=1S/C13H26NO3.HI/c1-11(2)13(16)17-9-7-6-8-14(4,5)10-12(3)15;/h12,15H,1,6-10H2,2-5H3;1H/q+1;/p-1. The van der Waals surface area contributed by atoms with Crippen molar-refractivity contribution in [2.75, 3.05) is 33.8 Å². The molecule has 0 aromatic carbocycles. The lowest BCUT2D eigenvalue weighted by Crippen LogP contribution is -3.00. The van der Waals surface area contributed by atoms with Crippen LogP contribution >= 0.6 is 0 Å². The monoisotopic (exact) mass is 371 g/mol. The van der Waals surface area contributed by atoms with Crippen LogP contribution < -0.4 is 24.0 Å². The van der Waals surface area contributed by atoms with E-state index in [0.717, 1.165) is 30.4 Å². The van der Waals surface area contributed by atoms with Crippen LogP contribution in [0.4, 0.5) is 0 Å². The molecule has 0 spiro atoms. The summed E-state index contributed by atoms with van der Waals surface area (Å²) in [6.45, 7) is 9.12. The molecule has 1 atom stereocenters. The first-order valence-corrected chi connectivity index (χ1v) is 6.07. The molecular formula is C13H26INO3. The third-order valence-electron chi connectivity index (χ3n) is 2.50. The van der Waals surface area contributed by atoms with Gasteiger partial charge in [0.15, 0.2) is 0 Å². The third kappa shape index (κ3) is 11.0. The molecule has 0 heterocycles. The van der Waals surface area contributed by atoms with E-state index in [1.54, 1.807) is 13.8 Å². The molecule has 108 valence electrons. The third-order valence-corrected chi connectivity index (χ3v) is 2.50. The molecule has 0 amide bonds. The normalized spacial score (nSPS) is 12.5. The van der Waals surface area contributed by atoms with Crippen LogP contribution in [0.5, 0.6) is 0 Å². The Hall–Kier alpha value is -0.140. The highest BCUT2D eigenvalue weighted by Gasteiger charge is 2.17. The Morgan fingerprint density at radius 3 is 2.39 bits per heavy atom. The summed E-state index contributed by atoms with van der Waals surface area (Å²) in [5.41, 5.74) is 0.440. The van der Waals surface area contributed by atoms with Crippen molar-refractivity contribution in [1.82, 2.24) is 0 Å². The van der Waals surface area contributed by atoms with Crippen molar-refractivity contribution in [3.05, 3.63) is 12.2 Å². The first-order chi connectivity index (χ1) is 7.74. The lowest BCUT2D eigenvalue weighted by Gasteiger charge is -2.30. The predicted octanol–water partition coefficient (Wildman–Crippen LogP) is -1.65. The Morgan fingerprint density at radius 2 is 1.94 bits per heavy atom. The Morgan fingerprint density at radius 1 is 1.39 bits per heavy atom. The van der Waals surface area contributed by atoms with Crippen molar-refractivity contribution < 1.29 is 43.1 Å². The van der Waals surface area contributed by atoms with E-state index >= 15 is 0 Å². The minimum absolute atomic E-state index is 0. The van der Waals surface area contributed by atoms with Crippen molar-refractivity contribution in [3.8, 4) is 0 Å². The quantitative estimate of drug-likeness (QED) is 0.183. The topological polar surface area (TPSA) is 46.5 Å². The van der Waals surface area contributed by atoms with Gasteiger partial charge in [0.25, 0.3) is 0 Å². The van der Waals surface area contributed by atoms with E-state index in [1.807, 2.05) is 0 Å². The summed E-state index contributed by atoms with van der Waals surface area (Å²) in [7, 11) is 4.18. The average Bonchev–Trinajstić information content (AvgIpc) is 2.14. The zero-order valence-corrected chi connectivity index (χ0v) is 14.1. The van der Waals surface area contributed by atoms with Gasteiger partial charge in [0.2, 0.25) is 0 Å². The van der Waals surface area contributed by atoms with Gasteiger partial charge in [-0.25, -0.2) is 4.79 Å². The molecule has 0 radical (unpaired) electrons. The molecule has 0 aliphatic carbocycles. The molecule has 1 N–H and O–H groups in total. The van der Waals surface area contributed by atoms with E-state index in [2.05, 4.69) is 20.7 Å². The number of aliphatic hydroxyl groups is 1. The van der Waals surface area contributed by atoms with Crippen LogP contribution in [0.2, 0.25) is 0 Å². The highest BCUT2D eigenvalue weighted by Crippen LogP contribution is 2.04. The van der Waals surface area contributed by atoms with Crippen LogP contribution in [0.25, 0.3) is 0 Å². The van der Waals surface area contributed by atoms with E-state index < -0.39 is 0 Å². The van der Waals surface area contributed by atoms with Gasteiger partial charge >= 0.3 is 5.97 Å². The maximum atomic E-state index is 11.1. The molecule has 0 aromatic rings. The van der Waals surface area contributed by atoms with E-state index in [0.29, 0.717) is 12.2 Å². The van der Waals surface area contributed by atoms with Crippen molar-refractivity contribution in [1.29, 1.82) is 0 Å². The van der Waals surface area contributed by atoms with E-state index in [-0.39, 0.29) is 36.0 Å². The highest BCUT2D eigenvalue weighted by molar-refractivity contribution is 5.86. The number of hydrogen-bond acceptors (Lipinski definition) is 3. The van der Waals surface area contributed by atoms with Gasteiger partial charge in [-0.05, 0) is 26.7 Å². The number of likely N-dealkylation sites (N-methyl/N-ethyl adjacent to an activating group) is 1. The van der Waals surface area contributed by atoms with Gasteiger partial charge in [0.1, 0.15) is 12.6 Å². The fraction of sp³-hybridized carbons (Fsp3) is 0.769. The molecule has 0 rings (SSSR count). The van der Waals surface area contributed by atoms with Gasteiger partial charge in [-0.15, -0.1) is 0 Å². The molecule has 0 bridgehead atoms. The van der Waals surface area contributed by atoms with Crippen LogP contribution in [-0.4, -0.2) is 55.5 Å². The molecule has 1 unspecified atom stereocenters. The maximum Gasteiger partial charge on any atom is 0.333 e. The number of ether oxygens (including phenoxy) is 1. The number of hydrogen-bond donors (Lipinski definition) is 1. The van der Waals surface area contributed by atoms with Gasteiger partial charge in [0.05, 0.1) is 27.2 Å². The number of rotatable bonds is 8. The summed E-state index contributed by atoms with van der Waals surface area (Å²) < 4.78 is 5.79. The van der Waals surface area contributed by atoms with Crippen molar-refractivity contribution >= 4 is 5.97 Å². The lowest BCUT2D eigenvalue weighted by molar-refractivity contribution is -0.893. The van der Waals surface area contributed by atoms with E-state index in [9.17, 15) is 9.90 Å². The zero-order valence-electron chi connectivity index (χ0n) is 11.9. The number of carbonyl (C=O) groups is 1. The number of aliphatic hydroxyl groups excluding tert-OH is 1. The molecular weight excluding hydrogens is 345 g/mol. The van der Waals surface area contributed by atoms with Gasteiger partial charge < -0.3 is 38.3 Å². The zero-order chi connectivity index (χ0) is 13.5. The summed E-state index contributed by atoms with van der Waals surface area (Å²) in [4.78, 5) is 11.1. The molecule has 0 saturated heterocycles. The fourth-order valence-electron chi connectivity index (χ4n) is 1.74. The molecule has 18 heavy (non-hydrogen) atoms. The molecule has 0 fully saturated rings. The minimum Gasteiger partial charge on any atom is -1.00 e. The molecule has 4 nitrogen and oxygen atoms in total. The van der Waals surface area contributed by atoms with Crippen LogP contribution in [-0.2, 0) is 9.53 Å². The summed E-state index contributed by atoms with van der Waals surface area (Å²) in [5, 5.41) is 9.33. The second kappa shape index (κ2) is 9.75. The first kappa shape index (κ1) is 20.2. The van der Waals surface area contributed by atoms with Gasteiger partial charge in [0, 0.05) is 5.57 Å². The summed E-state index contributed by atoms with van der Waals surface area (Å²) in [6.07, 6.45) is 1.54. The summed E-state index contributed by atoms with van der Waals surface area (Å²) in [5.74, 6) is -0.317. The Labute approximate surface area is 128 Å². The maximum absolute atomic E-state index is 11.1. The lowest BCUT2D eigenvalue weighted by atomic mass is 10.2. The highest BCUT2D eigenvalue weighted by atomic mass is 127. The molecule has 0 aliphatic rings. The van der Waals surface area contributed by atoms with Crippen LogP contribution in [0, 0.1) is 0 Å². The average molecular weight is 371 g/mol. The van der Waals surface area contributed by atoms with Gasteiger partial charge in [-0.3, -0.25) is 0 Å². The predicted molar refractivity (Wildman–Crippen MR) is 68.5 cm³/mol. The number of halogens is 1. The van der Waals surface area contributed by atoms with Gasteiger partial charge in [-0.1, -0.05) is 6.58 Å². The number of carbonyl (C=O) groups excluding carboxylic acids is 1. The number of unbranched alkanes of at least 4 members (excludes halogenated alkanes) is 1. The summed E-state index contributed by atoms with van der Waals surface area (Å²) >= 11 is 0. The smallest absolute Gasteiger partial charge is 0.333 e. The van der Waals surface area contributed by atoms with Crippen molar-refractivity contribution in [3.63, 3.8) is 0 Å². The molecule has 0 aliphatic heterocycles. The SMILES string of the molecule is C=C(C)C(=O)OCCCC[N+](C)(C)CC(C)O.[I-]. The summed E-state index contributed by atoms with van der Waals surface area (Å²) in [6, 6.07) is 0. The number of nitrogens with zero attached hydrogens (tertiary/aromatic N) is 1. The van der Waals surface area contributed by atoms with E-state index in [1.165, 1.54) is 0 Å². The Bertz CT molecular complexity index is 265. The molecule has 0 aromatic heterocycles. The fourth-order valence-corrected chi connectivity index (χ4v) is 1.74. The molecule has 5 heteroatoms. The van der Waals surface area contributed by atoms with E-state index in [4.69, 9.17) is 4.74 Å². The Balaban J connectivity index is 0. The van der Waals surface area contributed by atoms with Crippen LogP contribution in [0.15, 0.2) is 12.2 Å². The van der Waals surface area contributed by atoms with Crippen LogP contribution in [0.3, 0.4) is 0 Å². The van der Waals surface area contributed by atoms with Crippen LogP contribution in [0.1, 0.15) is 26.7 Å². The first-order valence-electron chi connectivity index (χ1n) is 6.07. The number of quaternary nitrogens is 1. The second-order valence-electron chi connectivity index (χ2n) is 5.31. The molecule has 0 saturated carbocycles. The van der Waals surface area contributed by atoms with Crippen molar-refractivity contribution in [2.24, 2.45) is 0 Å². The Kier molecular flexibility index (Phi) is 10.9.